The van der Waals surface area contributed by atoms with E-state index in [9.17, 15) is 0 Å². The molecule has 0 amide bonds. The maximum atomic E-state index is 3.60. The third-order valence-electron chi connectivity index (χ3n) is 5.42. The SMILES string of the molecule is CNC1CCCCCCC1N1CCN(C)C(C)(C)C1. The molecule has 3 nitrogen and oxygen atoms in total. The monoisotopic (exact) mass is 267 g/mol. The second kappa shape index (κ2) is 6.55. The fraction of sp³-hybridized carbons (Fsp3) is 1.00. The second-order valence-electron chi connectivity index (χ2n) is 7.16. The van der Waals surface area contributed by atoms with Gasteiger partial charge in [-0.2, -0.15) is 0 Å². The van der Waals surface area contributed by atoms with Gasteiger partial charge in [-0.25, -0.2) is 0 Å². The Bertz CT molecular complexity index is 277. The van der Waals surface area contributed by atoms with Crippen LogP contribution in [0.15, 0.2) is 0 Å². The summed E-state index contributed by atoms with van der Waals surface area (Å²) in [6, 6.07) is 1.44. The highest BCUT2D eigenvalue weighted by Gasteiger charge is 2.36. The predicted octanol–water partition coefficient (Wildman–Crippen LogP) is 2.32. The first-order valence-electron chi connectivity index (χ1n) is 8.17. The van der Waals surface area contributed by atoms with Gasteiger partial charge in [-0.15, -0.1) is 0 Å². The van der Waals surface area contributed by atoms with E-state index in [1.54, 1.807) is 0 Å². The van der Waals surface area contributed by atoms with Crippen LogP contribution in [0.3, 0.4) is 0 Å². The largest absolute Gasteiger partial charge is 0.315 e. The first-order valence-corrected chi connectivity index (χ1v) is 8.17. The molecule has 0 aromatic carbocycles. The zero-order valence-electron chi connectivity index (χ0n) is 13.4. The maximum absolute atomic E-state index is 3.60. The molecule has 0 bridgehead atoms. The van der Waals surface area contributed by atoms with Crippen molar-refractivity contribution in [1.82, 2.24) is 15.1 Å². The van der Waals surface area contributed by atoms with Crippen LogP contribution in [0.25, 0.3) is 0 Å². The van der Waals surface area contributed by atoms with E-state index in [0.717, 1.165) is 6.04 Å². The Hall–Kier alpha value is -0.120. The molecule has 0 spiro atoms. The van der Waals surface area contributed by atoms with Crippen molar-refractivity contribution in [3.63, 3.8) is 0 Å². The minimum atomic E-state index is 0.318. The van der Waals surface area contributed by atoms with Gasteiger partial charge in [0.1, 0.15) is 0 Å². The normalized spacial score (nSPS) is 34.7. The van der Waals surface area contributed by atoms with Gasteiger partial charge in [-0.3, -0.25) is 9.80 Å². The summed E-state index contributed by atoms with van der Waals surface area (Å²) in [7, 11) is 4.42. The Kier molecular flexibility index (Phi) is 5.27. The van der Waals surface area contributed by atoms with Crippen LogP contribution in [0.4, 0.5) is 0 Å². The molecule has 2 rings (SSSR count). The average Bonchev–Trinajstić information content (AvgIpc) is 2.33. The van der Waals surface area contributed by atoms with Crippen molar-refractivity contribution in [2.45, 2.75) is 70.0 Å². The highest BCUT2D eigenvalue weighted by atomic mass is 15.3. The van der Waals surface area contributed by atoms with Crippen LogP contribution in [-0.2, 0) is 0 Å². The van der Waals surface area contributed by atoms with Crippen LogP contribution >= 0.6 is 0 Å². The van der Waals surface area contributed by atoms with Crippen LogP contribution in [0, 0.1) is 0 Å². The number of rotatable bonds is 2. The third kappa shape index (κ3) is 3.71. The Labute approximate surface area is 119 Å². The molecule has 3 heteroatoms. The van der Waals surface area contributed by atoms with Gasteiger partial charge < -0.3 is 5.32 Å². The number of likely N-dealkylation sites (N-methyl/N-ethyl adjacent to an activating group) is 2. The van der Waals surface area contributed by atoms with Gasteiger partial charge in [0.15, 0.2) is 0 Å². The van der Waals surface area contributed by atoms with Crippen LogP contribution in [0.2, 0.25) is 0 Å². The molecule has 2 unspecified atom stereocenters. The minimum absolute atomic E-state index is 0.318. The summed E-state index contributed by atoms with van der Waals surface area (Å²) < 4.78 is 0. The first kappa shape index (κ1) is 15.3. The fourth-order valence-corrected chi connectivity index (χ4v) is 3.80. The lowest BCUT2D eigenvalue weighted by Gasteiger charge is -2.50. The van der Waals surface area contributed by atoms with E-state index in [-0.39, 0.29) is 0 Å². The number of hydrogen-bond donors (Lipinski definition) is 1. The minimum Gasteiger partial charge on any atom is -0.315 e. The zero-order valence-corrected chi connectivity index (χ0v) is 13.4. The molecule has 0 aromatic heterocycles. The molecular formula is C16H33N3. The van der Waals surface area contributed by atoms with E-state index in [1.165, 1.54) is 58.2 Å². The van der Waals surface area contributed by atoms with E-state index in [0.29, 0.717) is 11.6 Å². The molecule has 1 N–H and O–H groups in total. The van der Waals surface area contributed by atoms with Crippen LogP contribution in [-0.4, -0.2) is 61.2 Å². The Morgan fingerprint density at radius 3 is 2.32 bits per heavy atom. The smallest absolute Gasteiger partial charge is 0.0277 e. The summed E-state index contributed by atoms with van der Waals surface area (Å²) in [4.78, 5) is 5.29. The summed E-state index contributed by atoms with van der Waals surface area (Å²) in [6.45, 7) is 8.43. The fourth-order valence-electron chi connectivity index (χ4n) is 3.80. The van der Waals surface area contributed by atoms with E-state index < -0.39 is 0 Å². The summed E-state index contributed by atoms with van der Waals surface area (Å²) in [5, 5.41) is 3.60. The summed E-state index contributed by atoms with van der Waals surface area (Å²) >= 11 is 0. The lowest BCUT2D eigenvalue weighted by molar-refractivity contribution is 0.00281. The summed E-state index contributed by atoms with van der Waals surface area (Å²) in [5.74, 6) is 0. The van der Waals surface area contributed by atoms with Gasteiger partial charge in [0.25, 0.3) is 0 Å². The van der Waals surface area contributed by atoms with Crippen LogP contribution < -0.4 is 5.32 Å². The summed E-state index contributed by atoms with van der Waals surface area (Å²) in [6.07, 6.45) is 8.41. The Morgan fingerprint density at radius 1 is 1.00 bits per heavy atom. The lowest BCUT2D eigenvalue weighted by atomic mass is 9.89. The standard InChI is InChI=1S/C16H33N3/c1-16(2)13-19(12-11-18(16)4)15-10-8-6-5-7-9-14(15)17-3/h14-15,17H,5-13H2,1-4H3. The topological polar surface area (TPSA) is 18.5 Å². The predicted molar refractivity (Wildman–Crippen MR) is 82.6 cm³/mol. The molecule has 1 aliphatic heterocycles. The molecule has 2 aliphatic rings. The molecular weight excluding hydrogens is 234 g/mol. The van der Waals surface area contributed by atoms with Gasteiger partial charge in [0.2, 0.25) is 0 Å². The van der Waals surface area contributed by atoms with Gasteiger partial charge in [-0.1, -0.05) is 25.7 Å². The van der Waals surface area contributed by atoms with Crippen molar-refractivity contribution < 1.29 is 0 Å². The molecule has 2 fully saturated rings. The molecule has 0 radical (unpaired) electrons. The Morgan fingerprint density at radius 2 is 1.68 bits per heavy atom. The van der Waals surface area contributed by atoms with Crippen LogP contribution in [0.5, 0.6) is 0 Å². The highest BCUT2D eigenvalue weighted by Crippen LogP contribution is 2.27. The van der Waals surface area contributed by atoms with Gasteiger partial charge in [-0.05, 0) is 40.8 Å². The molecule has 1 heterocycles. The number of hydrogen-bond acceptors (Lipinski definition) is 3. The van der Waals surface area contributed by atoms with Crippen molar-refractivity contribution in [3.05, 3.63) is 0 Å². The van der Waals surface area contributed by atoms with Crippen molar-refractivity contribution in [3.8, 4) is 0 Å². The molecule has 2 atom stereocenters. The van der Waals surface area contributed by atoms with Crippen molar-refractivity contribution >= 4 is 0 Å². The zero-order chi connectivity index (χ0) is 13.9. The third-order valence-corrected chi connectivity index (χ3v) is 5.42. The number of piperazine rings is 1. The Balaban J connectivity index is 2.04. The molecule has 1 saturated heterocycles. The van der Waals surface area contributed by atoms with Gasteiger partial charge in [0.05, 0.1) is 0 Å². The van der Waals surface area contributed by atoms with E-state index >= 15 is 0 Å². The molecule has 1 aliphatic carbocycles. The molecule has 19 heavy (non-hydrogen) atoms. The van der Waals surface area contributed by atoms with E-state index in [2.05, 4.69) is 43.1 Å². The van der Waals surface area contributed by atoms with Crippen molar-refractivity contribution in [2.75, 3.05) is 33.7 Å². The molecule has 112 valence electrons. The maximum Gasteiger partial charge on any atom is 0.0277 e. The van der Waals surface area contributed by atoms with E-state index in [4.69, 9.17) is 0 Å². The molecule has 1 saturated carbocycles. The van der Waals surface area contributed by atoms with Crippen molar-refractivity contribution in [1.29, 1.82) is 0 Å². The quantitative estimate of drug-likeness (QED) is 0.828. The highest BCUT2D eigenvalue weighted by molar-refractivity contribution is 4.94. The first-order chi connectivity index (χ1) is 9.04. The van der Waals surface area contributed by atoms with Gasteiger partial charge in [0, 0.05) is 37.3 Å². The second-order valence-corrected chi connectivity index (χ2v) is 7.16. The van der Waals surface area contributed by atoms with Crippen LogP contribution in [0.1, 0.15) is 52.4 Å². The van der Waals surface area contributed by atoms with E-state index in [1.807, 2.05) is 0 Å². The average molecular weight is 267 g/mol. The lowest BCUT2D eigenvalue weighted by Crippen LogP contribution is -2.62. The number of nitrogens with one attached hydrogen (secondary N) is 1. The molecule has 0 aromatic rings. The number of nitrogens with zero attached hydrogens (tertiary/aromatic N) is 2. The van der Waals surface area contributed by atoms with Crippen molar-refractivity contribution in [2.24, 2.45) is 0 Å². The van der Waals surface area contributed by atoms with Gasteiger partial charge >= 0.3 is 0 Å². The summed E-state index contributed by atoms with van der Waals surface area (Å²) in [5.41, 5.74) is 0.318.